The highest BCUT2D eigenvalue weighted by atomic mass is 16.6. The van der Waals surface area contributed by atoms with Crippen molar-refractivity contribution >= 4 is 6.09 Å². The Balaban J connectivity index is 1.62. The summed E-state index contributed by atoms with van der Waals surface area (Å²) < 4.78 is 4.94. The molecule has 2 rings (SSSR count). The first kappa shape index (κ1) is 20.7. The zero-order chi connectivity index (χ0) is 18.9. The molecule has 1 amide bonds. The van der Waals surface area contributed by atoms with E-state index >= 15 is 0 Å². The van der Waals surface area contributed by atoms with Gasteiger partial charge in [-0.3, -0.25) is 10.2 Å². The first-order valence-corrected chi connectivity index (χ1v) is 9.31. The molecule has 10 nitrogen and oxygen atoms in total. The summed E-state index contributed by atoms with van der Waals surface area (Å²) in [7, 11) is 0. The molecule has 2 aliphatic rings. The lowest BCUT2D eigenvalue weighted by Crippen LogP contribution is -2.69. The van der Waals surface area contributed by atoms with E-state index in [9.17, 15) is 20.1 Å². The van der Waals surface area contributed by atoms with Crippen LogP contribution < -0.4 is 5.32 Å². The SMILES string of the molecule is [N-]=[N+]=NCCCCCCCCCN[C@@H]1[C@@H](O)[C@@H](O)[C@H](O)[C@H]2COC(=O)N21. The molecular weight excluding hydrogens is 342 g/mol. The number of unbranched alkanes of at least 4 members (excludes halogenated alkanes) is 6. The Labute approximate surface area is 152 Å². The van der Waals surface area contributed by atoms with Crippen molar-refractivity contribution in [3.8, 4) is 0 Å². The summed E-state index contributed by atoms with van der Waals surface area (Å²) in [6.07, 6.45) is 2.08. The van der Waals surface area contributed by atoms with Crippen LogP contribution in [0.15, 0.2) is 5.11 Å². The van der Waals surface area contributed by atoms with Gasteiger partial charge in [-0.2, -0.15) is 0 Å². The molecule has 2 aliphatic heterocycles. The molecule has 0 aliphatic carbocycles. The molecule has 0 radical (unpaired) electrons. The van der Waals surface area contributed by atoms with Crippen LogP contribution in [0, 0.1) is 0 Å². The van der Waals surface area contributed by atoms with Crippen LogP contribution in [0.3, 0.4) is 0 Å². The van der Waals surface area contributed by atoms with Crippen LogP contribution in [-0.4, -0.2) is 76.5 Å². The number of nitrogens with zero attached hydrogens (tertiary/aromatic N) is 4. The van der Waals surface area contributed by atoms with Crippen molar-refractivity contribution in [3.63, 3.8) is 0 Å². The first-order valence-electron chi connectivity index (χ1n) is 9.31. The molecule has 2 fully saturated rings. The third-order valence-electron chi connectivity index (χ3n) is 5.01. The molecule has 0 aromatic carbocycles. The molecule has 0 aromatic heterocycles. The van der Waals surface area contributed by atoms with E-state index in [4.69, 9.17) is 10.3 Å². The second-order valence-electron chi connectivity index (χ2n) is 6.85. The lowest BCUT2D eigenvalue weighted by atomic mass is 9.92. The molecule has 10 heteroatoms. The Bertz CT molecular complexity index is 501. The number of azide groups is 1. The number of piperidine rings is 1. The summed E-state index contributed by atoms with van der Waals surface area (Å²) in [4.78, 5) is 15.9. The topological polar surface area (TPSA) is 151 Å². The Morgan fingerprint density at radius 3 is 2.42 bits per heavy atom. The van der Waals surface area contributed by atoms with Crippen molar-refractivity contribution in [1.29, 1.82) is 0 Å². The van der Waals surface area contributed by atoms with Crippen molar-refractivity contribution in [1.82, 2.24) is 10.2 Å². The highest BCUT2D eigenvalue weighted by Gasteiger charge is 2.53. The lowest BCUT2D eigenvalue weighted by Gasteiger charge is -2.44. The summed E-state index contributed by atoms with van der Waals surface area (Å²) in [6.45, 7) is 1.17. The predicted octanol–water partition coefficient (Wildman–Crippen LogP) is 0.860. The van der Waals surface area contributed by atoms with Gasteiger partial charge in [0.15, 0.2) is 0 Å². The van der Waals surface area contributed by atoms with Gasteiger partial charge in [0.25, 0.3) is 0 Å². The first-order chi connectivity index (χ1) is 12.6. The number of carbonyl (C=O) groups excluding carboxylic acids is 1. The van der Waals surface area contributed by atoms with Gasteiger partial charge in [-0.05, 0) is 24.9 Å². The molecule has 2 heterocycles. The van der Waals surface area contributed by atoms with E-state index in [0.717, 1.165) is 44.9 Å². The van der Waals surface area contributed by atoms with E-state index in [-0.39, 0.29) is 6.61 Å². The van der Waals surface area contributed by atoms with Gasteiger partial charge in [0.05, 0.1) is 6.04 Å². The zero-order valence-electron chi connectivity index (χ0n) is 14.9. The van der Waals surface area contributed by atoms with Crippen molar-refractivity contribution in [2.24, 2.45) is 5.11 Å². The normalized spacial score (nSPS) is 30.7. The van der Waals surface area contributed by atoms with Gasteiger partial charge in [-0.15, -0.1) is 0 Å². The average Bonchev–Trinajstić information content (AvgIpc) is 3.02. The van der Waals surface area contributed by atoms with Crippen molar-refractivity contribution in [2.45, 2.75) is 75.5 Å². The number of ether oxygens (including phenoxy) is 1. The third-order valence-corrected chi connectivity index (χ3v) is 5.01. The fourth-order valence-electron chi connectivity index (χ4n) is 3.52. The van der Waals surface area contributed by atoms with Crippen molar-refractivity contribution in [3.05, 3.63) is 10.4 Å². The Morgan fingerprint density at radius 1 is 1.08 bits per heavy atom. The Morgan fingerprint density at radius 2 is 1.73 bits per heavy atom. The highest BCUT2D eigenvalue weighted by molar-refractivity contribution is 5.71. The minimum absolute atomic E-state index is 0.0155. The third kappa shape index (κ3) is 5.21. The highest BCUT2D eigenvalue weighted by Crippen LogP contribution is 2.28. The molecule has 26 heavy (non-hydrogen) atoms. The van der Waals surface area contributed by atoms with Crippen LogP contribution in [0.25, 0.3) is 10.4 Å². The molecule has 0 unspecified atom stereocenters. The van der Waals surface area contributed by atoms with Crippen LogP contribution in [0.1, 0.15) is 44.9 Å². The minimum atomic E-state index is -1.31. The van der Waals surface area contributed by atoms with Crippen LogP contribution in [-0.2, 0) is 4.74 Å². The number of rotatable bonds is 11. The van der Waals surface area contributed by atoms with Gasteiger partial charge in [0, 0.05) is 11.5 Å². The smallest absolute Gasteiger partial charge is 0.411 e. The van der Waals surface area contributed by atoms with Gasteiger partial charge in [-0.25, -0.2) is 4.79 Å². The fourth-order valence-corrected chi connectivity index (χ4v) is 3.52. The summed E-state index contributed by atoms with van der Waals surface area (Å²) in [5.74, 6) is 0. The fraction of sp³-hybridized carbons (Fsp3) is 0.938. The molecule has 0 saturated carbocycles. The standard InChI is InChI=1S/C16H29N5O5/c17-20-19-9-7-5-3-1-2-4-6-8-18-15-14(24)13(23)12(22)11-10-26-16(25)21(11)15/h11-15,18,22-24H,1-10H2/t11-,12-,13+,14+,15+/m1/s1. The van der Waals surface area contributed by atoms with E-state index < -0.39 is 36.6 Å². The minimum Gasteiger partial charge on any atom is -0.447 e. The molecule has 0 aromatic rings. The number of aliphatic hydroxyl groups excluding tert-OH is 3. The van der Waals surface area contributed by atoms with Crippen LogP contribution in [0.5, 0.6) is 0 Å². The molecule has 5 atom stereocenters. The number of aliphatic hydroxyl groups is 3. The van der Waals surface area contributed by atoms with E-state index in [1.807, 2.05) is 0 Å². The summed E-state index contributed by atoms with van der Waals surface area (Å²) in [5.41, 5.74) is 8.17. The zero-order valence-corrected chi connectivity index (χ0v) is 14.9. The van der Waals surface area contributed by atoms with Crippen LogP contribution in [0.4, 0.5) is 4.79 Å². The van der Waals surface area contributed by atoms with E-state index in [1.165, 1.54) is 4.90 Å². The second kappa shape index (κ2) is 10.5. The Kier molecular flexibility index (Phi) is 8.40. The van der Waals surface area contributed by atoms with Gasteiger partial charge < -0.3 is 20.1 Å². The summed E-state index contributed by atoms with van der Waals surface area (Å²) >= 11 is 0. The lowest BCUT2D eigenvalue weighted by molar-refractivity contribution is -0.148. The molecule has 148 valence electrons. The molecule has 0 bridgehead atoms. The molecular formula is C16H29N5O5. The van der Waals surface area contributed by atoms with Crippen LogP contribution in [0.2, 0.25) is 0 Å². The van der Waals surface area contributed by atoms with Gasteiger partial charge in [-0.1, -0.05) is 37.2 Å². The van der Waals surface area contributed by atoms with Gasteiger partial charge >= 0.3 is 6.09 Å². The number of nitrogens with one attached hydrogen (secondary N) is 1. The number of cyclic esters (lactones) is 1. The number of carbonyl (C=O) groups is 1. The average molecular weight is 371 g/mol. The summed E-state index contributed by atoms with van der Waals surface area (Å²) in [5, 5.41) is 36.7. The Hall–Kier alpha value is -1.58. The van der Waals surface area contributed by atoms with Gasteiger partial charge in [0.1, 0.15) is 31.1 Å². The number of hydrogen-bond donors (Lipinski definition) is 4. The van der Waals surface area contributed by atoms with Crippen molar-refractivity contribution in [2.75, 3.05) is 19.7 Å². The van der Waals surface area contributed by atoms with E-state index in [1.54, 1.807) is 0 Å². The number of amides is 1. The van der Waals surface area contributed by atoms with E-state index in [0.29, 0.717) is 13.1 Å². The second-order valence-corrected chi connectivity index (χ2v) is 6.85. The monoisotopic (exact) mass is 371 g/mol. The predicted molar refractivity (Wildman–Crippen MR) is 93.1 cm³/mol. The number of hydrogen-bond acceptors (Lipinski definition) is 7. The largest absolute Gasteiger partial charge is 0.447 e. The molecule has 0 spiro atoms. The van der Waals surface area contributed by atoms with E-state index in [2.05, 4.69) is 15.3 Å². The quantitative estimate of drug-likeness (QED) is 0.183. The van der Waals surface area contributed by atoms with Crippen molar-refractivity contribution < 1.29 is 24.9 Å². The number of fused-ring (bicyclic) bond motifs is 1. The van der Waals surface area contributed by atoms with Crippen LogP contribution >= 0.6 is 0 Å². The maximum absolute atomic E-state index is 11.9. The summed E-state index contributed by atoms with van der Waals surface area (Å²) in [6, 6.07) is -0.635. The maximum atomic E-state index is 11.9. The van der Waals surface area contributed by atoms with Gasteiger partial charge in [0.2, 0.25) is 0 Å². The molecule has 4 N–H and O–H groups in total. The maximum Gasteiger partial charge on any atom is 0.411 e. The molecule has 2 saturated heterocycles.